The van der Waals surface area contributed by atoms with E-state index in [1.807, 2.05) is 0 Å². The Labute approximate surface area is 98.2 Å². The molecule has 0 aliphatic heterocycles. The van der Waals surface area contributed by atoms with Gasteiger partial charge < -0.3 is 0 Å². The van der Waals surface area contributed by atoms with Crippen molar-refractivity contribution in [1.29, 1.82) is 0 Å². The van der Waals surface area contributed by atoms with E-state index in [0.29, 0.717) is 12.8 Å². The third-order valence-electron chi connectivity index (χ3n) is 1.96. The first-order chi connectivity index (χ1) is 7.21. The zero-order valence-corrected chi connectivity index (χ0v) is 11.4. The summed E-state index contributed by atoms with van der Waals surface area (Å²) in [5, 5.41) is 0. The fraction of sp³-hybridized carbons (Fsp3) is 1.00. The molecule has 0 heterocycles. The summed E-state index contributed by atoms with van der Waals surface area (Å²) in [5.41, 5.74) is 0. The zero-order valence-electron chi connectivity index (χ0n) is 9.81. The van der Waals surface area contributed by atoms with Gasteiger partial charge in [-0.2, -0.15) is 8.42 Å². The van der Waals surface area contributed by atoms with Crippen molar-refractivity contribution in [3.8, 4) is 0 Å². The van der Waals surface area contributed by atoms with Crippen molar-refractivity contribution < 1.29 is 21.0 Å². The van der Waals surface area contributed by atoms with Gasteiger partial charge in [-0.1, -0.05) is 19.3 Å². The molecule has 0 aromatic rings. The van der Waals surface area contributed by atoms with E-state index in [2.05, 4.69) is 4.18 Å². The normalized spacial score (nSPS) is 12.9. The Morgan fingerprint density at radius 2 is 1.31 bits per heavy atom. The molecular weight excluding hydrogens is 252 g/mol. The number of hydrogen-bond donors (Lipinski definition) is 0. The second-order valence-electron chi connectivity index (χ2n) is 3.92. The lowest BCUT2D eigenvalue weighted by atomic mass is 10.2. The minimum atomic E-state index is -3.32. The number of sulfone groups is 1. The van der Waals surface area contributed by atoms with Gasteiger partial charge in [0, 0.05) is 12.0 Å². The summed E-state index contributed by atoms with van der Waals surface area (Å²) >= 11 is 0. The van der Waals surface area contributed by atoms with Crippen LogP contribution < -0.4 is 0 Å². The number of hydrogen-bond acceptors (Lipinski definition) is 5. The lowest BCUT2D eigenvalue weighted by molar-refractivity contribution is 0.310. The SMILES string of the molecule is CS(=O)(=O)CCCCCCCOS(C)(=O)=O. The number of unbranched alkanes of at least 4 members (excludes halogenated alkanes) is 4. The molecule has 0 unspecified atom stereocenters. The van der Waals surface area contributed by atoms with E-state index in [-0.39, 0.29) is 12.4 Å². The first-order valence-corrected chi connectivity index (χ1v) is 9.10. The Morgan fingerprint density at radius 3 is 1.81 bits per heavy atom. The number of rotatable bonds is 9. The largest absolute Gasteiger partial charge is 0.270 e. The molecule has 0 radical (unpaired) electrons. The van der Waals surface area contributed by atoms with Crippen molar-refractivity contribution in [2.75, 3.05) is 24.9 Å². The van der Waals surface area contributed by atoms with Crippen LogP contribution in [0.5, 0.6) is 0 Å². The minimum absolute atomic E-state index is 0.213. The Kier molecular flexibility index (Phi) is 7.17. The molecule has 7 heteroatoms. The van der Waals surface area contributed by atoms with E-state index in [0.717, 1.165) is 25.5 Å². The molecule has 0 bridgehead atoms. The van der Waals surface area contributed by atoms with Gasteiger partial charge in [-0.25, -0.2) is 8.42 Å². The quantitative estimate of drug-likeness (QED) is 0.461. The maximum absolute atomic E-state index is 10.8. The fourth-order valence-corrected chi connectivity index (χ4v) is 2.36. The highest BCUT2D eigenvalue weighted by Gasteiger charge is 2.02. The summed E-state index contributed by atoms with van der Waals surface area (Å²) in [4.78, 5) is 0. The van der Waals surface area contributed by atoms with E-state index in [1.165, 1.54) is 6.26 Å². The molecule has 0 fully saturated rings. The van der Waals surface area contributed by atoms with Gasteiger partial charge >= 0.3 is 0 Å². The van der Waals surface area contributed by atoms with Crippen LogP contribution in [0.3, 0.4) is 0 Å². The maximum Gasteiger partial charge on any atom is 0.264 e. The summed E-state index contributed by atoms with van der Waals surface area (Å²) in [6.45, 7) is 0.213. The van der Waals surface area contributed by atoms with Gasteiger partial charge in [-0.05, 0) is 12.8 Å². The summed E-state index contributed by atoms with van der Waals surface area (Å²) in [5.74, 6) is 0.229. The van der Waals surface area contributed by atoms with Crippen molar-refractivity contribution >= 4 is 20.0 Å². The van der Waals surface area contributed by atoms with Gasteiger partial charge in [-0.15, -0.1) is 0 Å². The Hall–Kier alpha value is -0.140. The van der Waals surface area contributed by atoms with Gasteiger partial charge in [-0.3, -0.25) is 4.18 Å². The molecule has 0 N–H and O–H groups in total. The van der Waals surface area contributed by atoms with E-state index >= 15 is 0 Å². The molecule has 0 spiro atoms. The van der Waals surface area contributed by atoms with Crippen molar-refractivity contribution in [1.82, 2.24) is 0 Å². The average molecular weight is 272 g/mol. The third-order valence-corrected chi connectivity index (χ3v) is 3.58. The van der Waals surface area contributed by atoms with Crippen LogP contribution in [0, 0.1) is 0 Å². The van der Waals surface area contributed by atoms with Crippen molar-refractivity contribution in [3.05, 3.63) is 0 Å². The summed E-state index contributed by atoms with van der Waals surface area (Å²) < 4.78 is 47.3. The Bertz CT molecular complexity index is 331. The van der Waals surface area contributed by atoms with Crippen LogP contribution in [0.25, 0.3) is 0 Å². The standard InChI is InChI=1S/C9H20O5S2/c1-15(10,11)9-7-5-3-4-6-8-14-16(2,12)13/h3-9H2,1-2H3. The highest BCUT2D eigenvalue weighted by Crippen LogP contribution is 2.05. The molecule has 0 amide bonds. The minimum Gasteiger partial charge on any atom is -0.270 e. The summed E-state index contributed by atoms with van der Waals surface area (Å²) in [6.07, 6.45) is 6.23. The fourth-order valence-electron chi connectivity index (χ4n) is 1.21. The molecule has 0 aromatic carbocycles. The second-order valence-corrected chi connectivity index (χ2v) is 7.83. The molecule has 0 aliphatic carbocycles. The first-order valence-electron chi connectivity index (χ1n) is 5.23. The average Bonchev–Trinajstić information content (AvgIpc) is 2.06. The molecule has 16 heavy (non-hydrogen) atoms. The van der Waals surface area contributed by atoms with Crippen LogP contribution in [-0.4, -0.2) is 41.7 Å². The molecule has 0 aliphatic rings. The Balaban J connectivity index is 3.29. The first kappa shape index (κ1) is 15.9. The van der Waals surface area contributed by atoms with E-state index in [9.17, 15) is 16.8 Å². The van der Waals surface area contributed by atoms with Gasteiger partial charge in [0.1, 0.15) is 9.84 Å². The lowest BCUT2D eigenvalue weighted by Gasteiger charge is -2.01. The maximum atomic E-state index is 10.8. The van der Waals surface area contributed by atoms with Crippen molar-refractivity contribution in [2.45, 2.75) is 32.1 Å². The van der Waals surface area contributed by atoms with Crippen molar-refractivity contribution in [2.24, 2.45) is 0 Å². The molecule has 0 saturated heterocycles. The van der Waals surface area contributed by atoms with Crippen LogP contribution in [0.15, 0.2) is 0 Å². The second kappa shape index (κ2) is 7.24. The summed E-state index contributed by atoms with van der Waals surface area (Å²) in [6, 6.07) is 0. The van der Waals surface area contributed by atoms with Crippen molar-refractivity contribution in [3.63, 3.8) is 0 Å². The molecular formula is C9H20O5S2. The topological polar surface area (TPSA) is 77.5 Å². The molecule has 0 rings (SSSR count). The van der Waals surface area contributed by atoms with E-state index in [4.69, 9.17) is 0 Å². The highest BCUT2D eigenvalue weighted by atomic mass is 32.2. The molecule has 0 aromatic heterocycles. The smallest absolute Gasteiger partial charge is 0.264 e. The van der Waals surface area contributed by atoms with E-state index < -0.39 is 20.0 Å². The summed E-state index contributed by atoms with van der Waals surface area (Å²) in [7, 11) is -6.17. The van der Waals surface area contributed by atoms with Crippen LogP contribution >= 0.6 is 0 Å². The van der Waals surface area contributed by atoms with Crippen LogP contribution in [-0.2, 0) is 24.1 Å². The predicted molar refractivity (Wildman–Crippen MR) is 63.6 cm³/mol. The zero-order chi connectivity index (χ0) is 12.7. The van der Waals surface area contributed by atoms with E-state index in [1.54, 1.807) is 0 Å². The molecule has 0 saturated carbocycles. The predicted octanol–water partition coefficient (Wildman–Crippen LogP) is 0.958. The van der Waals surface area contributed by atoms with Gasteiger partial charge in [0.2, 0.25) is 0 Å². The molecule has 98 valence electrons. The third kappa shape index (κ3) is 13.9. The molecule has 0 atom stereocenters. The highest BCUT2D eigenvalue weighted by molar-refractivity contribution is 7.90. The van der Waals surface area contributed by atoms with Gasteiger partial charge in [0.25, 0.3) is 10.1 Å². The lowest BCUT2D eigenvalue weighted by Crippen LogP contribution is -2.04. The van der Waals surface area contributed by atoms with Crippen LogP contribution in [0.2, 0.25) is 0 Å². The van der Waals surface area contributed by atoms with Crippen LogP contribution in [0.1, 0.15) is 32.1 Å². The van der Waals surface area contributed by atoms with Gasteiger partial charge in [0.15, 0.2) is 0 Å². The molecule has 5 nitrogen and oxygen atoms in total. The Morgan fingerprint density at radius 1 is 0.812 bits per heavy atom. The van der Waals surface area contributed by atoms with Gasteiger partial charge in [0.05, 0.1) is 12.9 Å². The monoisotopic (exact) mass is 272 g/mol. The van der Waals surface area contributed by atoms with Crippen LogP contribution in [0.4, 0.5) is 0 Å².